The molecule has 1 heterocycles. The van der Waals surface area contributed by atoms with Gasteiger partial charge in [0.25, 0.3) is 11.6 Å². The lowest BCUT2D eigenvalue weighted by atomic mass is 10.1. The molecule has 2 aromatic carbocycles. The van der Waals surface area contributed by atoms with Crippen LogP contribution >= 0.6 is 23.2 Å². The highest BCUT2D eigenvalue weighted by molar-refractivity contribution is 6.35. The monoisotopic (exact) mass is 404 g/mol. The van der Waals surface area contributed by atoms with Crippen molar-refractivity contribution in [3.63, 3.8) is 0 Å². The highest BCUT2D eigenvalue weighted by Crippen LogP contribution is 2.25. The molecule has 27 heavy (non-hydrogen) atoms. The fourth-order valence-electron chi connectivity index (χ4n) is 2.55. The van der Waals surface area contributed by atoms with E-state index < -0.39 is 10.8 Å². The molecule has 0 unspecified atom stereocenters. The third kappa shape index (κ3) is 4.27. The third-order valence-corrected chi connectivity index (χ3v) is 4.63. The van der Waals surface area contributed by atoms with Gasteiger partial charge < -0.3 is 5.32 Å². The summed E-state index contributed by atoms with van der Waals surface area (Å²) < 4.78 is 1.60. The Bertz CT molecular complexity index is 1010. The Morgan fingerprint density at radius 3 is 2.56 bits per heavy atom. The van der Waals surface area contributed by atoms with Gasteiger partial charge in [-0.25, -0.2) is 0 Å². The summed E-state index contributed by atoms with van der Waals surface area (Å²) in [5.41, 5.74) is 1.41. The molecule has 1 N–H and O–H groups in total. The quantitative estimate of drug-likeness (QED) is 0.492. The first kappa shape index (κ1) is 18.9. The lowest BCUT2D eigenvalue weighted by Gasteiger charge is -2.07. The number of benzene rings is 2. The van der Waals surface area contributed by atoms with Crippen LogP contribution in [0.15, 0.2) is 48.7 Å². The molecular formula is C18H14Cl2N4O3. The van der Waals surface area contributed by atoms with Gasteiger partial charge in [0.15, 0.2) is 5.82 Å². The van der Waals surface area contributed by atoms with E-state index in [0.29, 0.717) is 33.5 Å². The van der Waals surface area contributed by atoms with Gasteiger partial charge in [-0.3, -0.25) is 19.6 Å². The maximum atomic E-state index is 12.4. The second-order valence-electron chi connectivity index (χ2n) is 5.81. The third-order valence-electron chi connectivity index (χ3n) is 3.92. The van der Waals surface area contributed by atoms with Crippen molar-refractivity contribution in [2.75, 3.05) is 5.32 Å². The average Bonchev–Trinajstić information content (AvgIpc) is 3.05. The SMILES string of the molecule is Cc1cc(C(=O)Nc2ccn(Cc3c(Cl)cccc3Cl)n2)ccc1[N+](=O)[O-]. The van der Waals surface area contributed by atoms with Crippen LogP contribution < -0.4 is 5.32 Å². The Morgan fingerprint density at radius 1 is 1.22 bits per heavy atom. The largest absolute Gasteiger partial charge is 0.305 e. The van der Waals surface area contributed by atoms with Crippen LogP contribution in [0, 0.1) is 17.0 Å². The lowest BCUT2D eigenvalue weighted by molar-refractivity contribution is -0.385. The molecule has 0 atom stereocenters. The van der Waals surface area contributed by atoms with Gasteiger partial charge in [0.05, 0.1) is 11.5 Å². The summed E-state index contributed by atoms with van der Waals surface area (Å²) in [7, 11) is 0. The van der Waals surface area contributed by atoms with E-state index in [9.17, 15) is 14.9 Å². The zero-order valence-corrected chi connectivity index (χ0v) is 15.7. The molecule has 0 bridgehead atoms. The van der Waals surface area contributed by atoms with Crippen LogP contribution in [0.5, 0.6) is 0 Å². The van der Waals surface area contributed by atoms with Crippen LogP contribution in [-0.4, -0.2) is 20.6 Å². The number of rotatable bonds is 5. The Kier molecular flexibility index (Phi) is 5.43. The normalized spacial score (nSPS) is 10.6. The maximum Gasteiger partial charge on any atom is 0.272 e. The molecule has 1 amide bonds. The number of aromatic nitrogens is 2. The van der Waals surface area contributed by atoms with Crippen molar-refractivity contribution in [3.05, 3.63) is 85.5 Å². The Hall–Kier alpha value is -2.90. The van der Waals surface area contributed by atoms with Crippen LogP contribution in [-0.2, 0) is 6.54 Å². The summed E-state index contributed by atoms with van der Waals surface area (Å²) in [6.07, 6.45) is 1.69. The van der Waals surface area contributed by atoms with E-state index in [1.54, 1.807) is 42.1 Å². The molecule has 1 aromatic heterocycles. The van der Waals surface area contributed by atoms with Crippen molar-refractivity contribution >= 4 is 40.6 Å². The number of carbonyl (C=O) groups is 1. The molecule has 0 aliphatic carbocycles. The van der Waals surface area contributed by atoms with E-state index in [4.69, 9.17) is 23.2 Å². The van der Waals surface area contributed by atoms with Gasteiger partial charge in [-0.2, -0.15) is 5.10 Å². The smallest absolute Gasteiger partial charge is 0.272 e. The lowest BCUT2D eigenvalue weighted by Crippen LogP contribution is -2.13. The molecule has 0 saturated carbocycles. The number of nitrogens with one attached hydrogen (secondary N) is 1. The van der Waals surface area contributed by atoms with E-state index in [1.165, 1.54) is 18.2 Å². The first-order chi connectivity index (χ1) is 12.8. The van der Waals surface area contributed by atoms with Crippen molar-refractivity contribution in [3.8, 4) is 0 Å². The topological polar surface area (TPSA) is 90.1 Å². The second kappa shape index (κ2) is 7.77. The van der Waals surface area contributed by atoms with Gasteiger partial charge >= 0.3 is 0 Å². The molecule has 0 spiro atoms. The highest BCUT2D eigenvalue weighted by Gasteiger charge is 2.15. The number of nitrogens with zero attached hydrogens (tertiary/aromatic N) is 3. The number of carbonyl (C=O) groups excluding carboxylic acids is 1. The minimum Gasteiger partial charge on any atom is -0.305 e. The number of amides is 1. The Labute approximate surface area is 164 Å². The molecule has 0 saturated heterocycles. The summed E-state index contributed by atoms with van der Waals surface area (Å²) >= 11 is 12.3. The van der Waals surface area contributed by atoms with E-state index in [1.807, 2.05) is 0 Å². The van der Waals surface area contributed by atoms with Gasteiger partial charge in [0, 0.05) is 45.1 Å². The Balaban J connectivity index is 1.73. The van der Waals surface area contributed by atoms with Crippen molar-refractivity contribution in [2.45, 2.75) is 13.5 Å². The fraction of sp³-hybridized carbons (Fsp3) is 0.111. The van der Waals surface area contributed by atoms with Crippen LogP contribution in [0.2, 0.25) is 10.0 Å². The van der Waals surface area contributed by atoms with Crippen molar-refractivity contribution in [1.82, 2.24) is 9.78 Å². The van der Waals surface area contributed by atoms with Crippen LogP contribution in [0.25, 0.3) is 0 Å². The number of nitro groups is 1. The van der Waals surface area contributed by atoms with E-state index >= 15 is 0 Å². The van der Waals surface area contributed by atoms with Crippen LogP contribution in [0.1, 0.15) is 21.5 Å². The molecule has 0 aliphatic rings. The predicted molar refractivity (Wildman–Crippen MR) is 104 cm³/mol. The van der Waals surface area contributed by atoms with E-state index in [-0.39, 0.29) is 5.69 Å². The van der Waals surface area contributed by atoms with E-state index in [0.717, 1.165) is 5.56 Å². The zero-order chi connectivity index (χ0) is 19.6. The molecule has 7 nitrogen and oxygen atoms in total. The number of anilines is 1. The van der Waals surface area contributed by atoms with Gasteiger partial charge in [0.1, 0.15) is 0 Å². The molecular weight excluding hydrogens is 391 g/mol. The minimum atomic E-state index is -0.488. The van der Waals surface area contributed by atoms with Gasteiger partial charge in [0.2, 0.25) is 0 Å². The average molecular weight is 405 g/mol. The highest BCUT2D eigenvalue weighted by atomic mass is 35.5. The number of hydrogen-bond acceptors (Lipinski definition) is 4. The fourth-order valence-corrected chi connectivity index (χ4v) is 3.07. The second-order valence-corrected chi connectivity index (χ2v) is 6.63. The summed E-state index contributed by atoms with van der Waals surface area (Å²) in [6, 6.07) is 11.1. The van der Waals surface area contributed by atoms with Crippen molar-refractivity contribution < 1.29 is 9.72 Å². The first-order valence-electron chi connectivity index (χ1n) is 7.88. The summed E-state index contributed by atoms with van der Waals surface area (Å²) in [5.74, 6) is -0.0618. The van der Waals surface area contributed by atoms with Crippen LogP contribution in [0.4, 0.5) is 11.5 Å². The predicted octanol–water partition coefficient (Wildman–Crippen LogP) is 4.71. The molecule has 0 radical (unpaired) electrons. The maximum absolute atomic E-state index is 12.4. The standard InChI is InChI=1S/C18H14Cl2N4O3/c1-11-9-12(5-6-16(11)24(26)27)18(25)21-17-7-8-23(22-17)10-13-14(19)3-2-4-15(13)20/h2-9H,10H2,1H3,(H,21,22,25). The summed E-state index contributed by atoms with van der Waals surface area (Å²) in [5, 5.41) is 18.9. The molecule has 9 heteroatoms. The molecule has 138 valence electrons. The summed E-state index contributed by atoms with van der Waals surface area (Å²) in [6.45, 7) is 1.93. The molecule has 0 fully saturated rings. The minimum absolute atomic E-state index is 0.0348. The van der Waals surface area contributed by atoms with E-state index in [2.05, 4.69) is 10.4 Å². The number of aryl methyl sites for hydroxylation is 1. The Morgan fingerprint density at radius 2 is 1.93 bits per heavy atom. The number of halogens is 2. The van der Waals surface area contributed by atoms with Crippen molar-refractivity contribution in [1.29, 1.82) is 0 Å². The van der Waals surface area contributed by atoms with Crippen molar-refractivity contribution in [2.24, 2.45) is 0 Å². The first-order valence-corrected chi connectivity index (χ1v) is 8.63. The number of nitro benzene ring substituents is 1. The number of hydrogen-bond donors (Lipinski definition) is 1. The zero-order valence-electron chi connectivity index (χ0n) is 14.1. The molecule has 3 rings (SSSR count). The molecule has 3 aromatic rings. The van der Waals surface area contributed by atoms with Gasteiger partial charge in [-0.1, -0.05) is 29.3 Å². The van der Waals surface area contributed by atoms with Gasteiger partial charge in [-0.05, 0) is 31.2 Å². The summed E-state index contributed by atoms with van der Waals surface area (Å²) in [4.78, 5) is 22.7. The molecule has 0 aliphatic heterocycles. The van der Waals surface area contributed by atoms with Crippen LogP contribution in [0.3, 0.4) is 0 Å². The van der Waals surface area contributed by atoms with Gasteiger partial charge in [-0.15, -0.1) is 0 Å².